The van der Waals surface area contributed by atoms with Crippen molar-refractivity contribution in [1.82, 2.24) is 5.43 Å². The number of rotatable bonds is 8. The van der Waals surface area contributed by atoms with E-state index in [9.17, 15) is 0 Å². The summed E-state index contributed by atoms with van der Waals surface area (Å²) in [7, 11) is 6.28. The lowest BCUT2D eigenvalue weighted by molar-refractivity contribution is 0.355. The van der Waals surface area contributed by atoms with Crippen molar-refractivity contribution in [3.63, 3.8) is 0 Å². The monoisotopic (exact) mass is 421 g/mol. The molecule has 0 unspecified atom stereocenters. The van der Waals surface area contributed by atoms with Gasteiger partial charge in [0, 0.05) is 0 Å². The molecule has 0 heterocycles. The van der Waals surface area contributed by atoms with Crippen molar-refractivity contribution in [3.05, 3.63) is 47.5 Å². The Kier molecular flexibility index (Phi) is 9.83. The van der Waals surface area contributed by atoms with E-state index in [-0.39, 0.29) is 18.4 Å². The number of nitrogens with one attached hydrogen (secondary N) is 1. The maximum atomic E-state index is 5.73. The fourth-order valence-corrected chi connectivity index (χ4v) is 2.22. The van der Waals surface area contributed by atoms with E-state index in [4.69, 9.17) is 24.7 Å². The maximum Gasteiger partial charge on any atom is 0.234 e. The first-order chi connectivity index (χ1) is 13.6. The molecule has 0 saturated heterocycles. The van der Waals surface area contributed by atoms with Crippen LogP contribution in [0.4, 0.5) is 0 Å². The zero-order valence-corrected chi connectivity index (χ0v) is 17.4. The Labute approximate surface area is 175 Å². The number of nitrogens with zero attached hydrogens (tertiary/aromatic N) is 3. The molecule has 9 nitrogen and oxygen atoms in total. The van der Waals surface area contributed by atoms with Crippen molar-refractivity contribution in [3.8, 4) is 23.0 Å². The fourth-order valence-electron chi connectivity index (χ4n) is 2.22. The van der Waals surface area contributed by atoms with Crippen LogP contribution in [0, 0.1) is 0 Å². The summed E-state index contributed by atoms with van der Waals surface area (Å²) in [5.41, 5.74) is 9.90. The Hall–Kier alpha value is -3.46. The zero-order chi connectivity index (χ0) is 20.4. The van der Waals surface area contributed by atoms with Gasteiger partial charge in [0.2, 0.25) is 5.96 Å². The average molecular weight is 422 g/mol. The highest BCUT2D eigenvalue weighted by Crippen LogP contribution is 2.27. The molecule has 2 rings (SSSR count). The first kappa shape index (κ1) is 23.6. The Morgan fingerprint density at radius 3 is 1.76 bits per heavy atom. The van der Waals surface area contributed by atoms with Gasteiger partial charge in [-0.05, 0) is 47.5 Å². The molecule has 29 heavy (non-hydrogen) atoms. The molecule has 156 valence electrons. The molecule has 0 spiro atoms. The van der Waals surface area contributed by atoms with Crippen molar-refractivity contribution >= 4 is 30.8 Å². The SMILES string of the molecule is COc1ccc(C=NN=C(N)NN=Cc2ccc(OC)c(OC)c2)cc1OC.Cl. The van der Waals surface area contributed by atoms with E-state index in [2.05, 4.69) is 20.7 Å². The Bertz CT molecular complexity index is 887. The summed E-state index contributed by atoms with van der Waals surface area (Å²) in [5.74, 6) is 2.51. The minimum Gasteiger partial charge on any atom is -0.493 e. The van der Waals surface area contributed by atoms with Gasteiger partial charge in [-0.15, -0.1) is 17.5 Å². The number of nitrogens with two attached hydrogens (primary N) is 1. The van der Waals surface area contributed by atoms with Crippen molar-refractivity contribution in [2.45, 2.75) is 0 Å². The fraction of sp³-hybridized carbons (Fsp3) is 0.211. The molecule has 0 bridgehead atoms. The zero-order valence-electron chi connectivity index (χ0n) is 16.6. The Morgan fingerprint density at radius 2 is 1.28 bits per heavy atom. The summed E-state index contributed by atoms with van der Waals surface area (Å²) in [6.07, 6.45) is 3.11. The summed E-state index contributed by atoms with van der Waals surface area (Å²) in [6, 6.07) is 10.8. The highest BCUT2D eigenvalue weighted by atomic mass is 35.5. The third-order valence-corrected chi connectivity index (χ3v) is 3.58. The highest BCUT2D eigenvalue weighted by molar-refractivity contribution is 5.85. The van der Waals surface area contributed by atoms with Crippen LogP contribution in [0.15, 0.2) is 51.7 Å². The van der Waals surface area contributed by atoms with Crippen LogP contribution >= 0.6 is 12.4 Å². The molecule has 0 amide bonds. The van der Waals surface area contributed by atoms with Gasteiger partial charge in [-0.2, -0.15) is 10.2 Å². The van der Waals surface area contributed by atoms with Gasteiger partial charge in [-0.1, -0.05) is 0 Å². The van der Waals surface area contributed by atoms with Crippen molar-refractivity contribution < 1.29 is 18.9 Å². The molecular formula is C19H24ClN5O4. The van der Waals surface area contributed by atoms with E-state index < -0.39 is 0 Å². The van der Waals surface area contributed by atoms with Crippen molar-refractivity contribution in [2.24, 2.45) is 21.0 Å². The molecule has 0 aromatic heterocycles. The van der Waals surface area contributed by atoms with Crippen LogP contribution in [0.25, 0.3) is 0 Å². The number of halogens is 1. The van der Waals surface area contributed by atoms with Crippen molar-refractivity contribution in [1.29, 1.82) is 0 Å². The van der Waals surface area contributed by atoms with Gasteiger partial charge in [-0.3, -0.25) is 0 Å². The van der Waals surface area contributed by atoms with E-state index in [0.717, 1.165) is 11.1 Å². The standard InChI is InChI=1S/C19H23N5O4.ClH/c1-25-15-7-5-13(9-17(15)27-3)11-21-23-19(20)24-22-12-14-6-8-16(26-2)18(10-14)28-4;/h5-12H,1-4H3,(H3,20,23,24);1H. The maximum absolute atomic E-state index is 5.73. The Morgan fingerprint density at radius 1 is 0.793 bits per heavy atom. The summed E-state index contributed by atoms with van der Waals surface area (Å²) in [4.78, 5) is 0. The molecule has 0 atom stereocenters. The van der Waals surface area contributed by atoms with Crippen LogP contribution in [0.2, 0.25) is 0 Å². The second kappa shape index (κ2) is 12.1. The highest BCUT2D eigenvalue weighted by Gasteiger charge is 2.03. The van der Waals surface area contributed by atoms with Gasteiger partial charge >= 0.3 is 0 Å². The third kappa shape index (κ3) is 6.89. The number of hydrogen-bond donors (Lipinski definition) is 2. The van der Waals surface area contributed by atoms with Crippen LogP contribution in [0.3, 0.4) is 0 Å². The number of benzene rings is 2. The first-order valence-corrected chi connectivity index (χ1v) is 8.21. The van der Waals surface area contributed by atoms with E-state index in [0.29, 0.717) is 23.0 Å². The second-order valence-electron chi connectivity index (χ2n) is 5.33. The molecule has 0 saturated carbocycles. The lowest BCUT2D eigenvalue weighted by Gasteiger charge is -2.07. The summed E-state index contributed by atoms with van der Waals surface area (Å²) in [5, 5.41) is 11.8. The van der Waals surface area contributed by atoms with Crippen LogP contribution in [0.5, 0.6) is 23.0 Å². The van der Waals surface area contributed by atoms with Gasteiger partial charge in [0.05, 0.1) is 40.9 Å². The first-order valence-electron chi connectivity index (χ1n) is 8.21. The summed E-state index contributed by atoms with van der Waals surface area (Å²) < 4.78 is 20.8. The number of hydrogen-bond acceptors (Lipinski definition) is 7. The molecule has 0 aliphatic heterocycles. The van der Waals surface area contributed by atoms with Gasteiger partial charge < -0.3 is 24.7 Å². The molecule has 3 N–H and O–H groups in total. The lowest BCUT2D eigenvalue weighted by atomic mass is 10.2. The summed E-state index contributed by atoms with van der Waals surface area (Å²) in [6.45, 7) is 0. The van der Waals surface area contributed by atoms with Crippen LogP contribution in [-0.4, -0.2) is 46.8 Å². The lowest BCUT2D eigenvalue weighted by Crippen LogP contribution is -2.26. The molecule has 0 radical (unpaired) electrons. The topological polar surface area (TPSA) is 112 Å². The second-order valence-corrected chi connectivity index (χ2v) is 5.33. The largest absolute Gasteiger partial charge is 0.493 e. The molecule has 2 aromatic rings. The van der Waals surface area contributed by atoms with Crippen LogP contribution in [0.1, 0.15) is 11.1 Å². The molecule has 0 aliphatic carbocycles. The smallest absolute Gasteiger partial charge is 0.234 e. The molecule has 0 fully saturated rings. The van der Waals surface area contributed by atoms with E-state index in [1.54, 1.807) is 58.9 Å². The minimum atomic E-state index is 0. The van der Waals surface area contributed by atoms with Crippen LogP contribution < -0.4 is 30.1 Å². The van der Waals surface area contributed by atoms with E-state index in [1.807, 2.05) is 12.1 Å². The normalized spacial score (nSPS) is 11.2. The third-order valence-electron chi connectivity index (χ3n) is 3.58. The van der Waals surface area contributed by atoms with Crippen molar-refractivity contribution in [2.75, 3.05) is 28.4 Å². The number of hydrazone groups is 1. The number of ether oxygens (including phenoxy) is 4. The van der Waals surface area contributed by atoms with E-state index >= 15 is 0 Å². The van der Waals surface area contributed by atoms with Gasteiger partial charge in [0.15, 0.2) is 23.0 Å². The number of guanidine groups is 1. The number of methoxy groups -OCH3 is 4. The predicted molar refractivity (Wildman–Crippen MR) is 116 cm³/mol. The van der Waals surface area contributed by atoms with E-state index in [1.165, 1.54) is 6.21 Å². The average Bonchev–Trinajstić information content (AvgIpc) is 2.73. The van der Waals surface area contributed by atoms with Gasteiger partial charge in [-0.25, -0.2) is 5.43 Å². The quantitative estimate of drug-likeness (QED) is 0.384. The molecule has 10 heteroatoms. The predicted octanol–water partition coefficient (Wildman–Crippen LogP) is 2.42. The minimum absolute atomic E-state index is 0. The molecule has 2 aromatic carbocycles. The summed E-state index contributed by atoms with van der Waals surface area (Å²) >= 11 is 0. The van der Waals surface area contributed by atoms with Gasteiger partial charge in [0.25, 0.3) is 0 Å². The molecular weight excluding hydrogens is 398 g/mol. The van der Waals surface area contributed by atoms with Gasteiger partial charge in [0.1, 0.15) is 0 Å². The van der Waals surface area contributed by atoms with Crippen LogP contribution in [-0.2, 0) is 0 Å². The Balaban J connectivity index is 0.00000420. The molecule has 0 aliphatic rings.